The first-order valence-corrected chi connectivity index (χ1v) is 6.29. The second-order valence-corrected chi connectivity index (χ2v) is 4.80. The Morgan fingerprint density at radius 1 is 1.37 bits per heavy atom. The van der Waals surface area contributed by atoms with Gasteiger partial charge in [-0.05, 0) is 34.8 Å². The van der Waals surface area contributed by atoms with Crippen LogP contribution in [0, 0.1) is 0 Å². The van der Waals surface area contributed by atoms with Crippen molar-refractivity contribution in [1.29, 1.82) is 0 Å². The minimum absolute atomic E-state index is 0.0647. The summed E-state index contributed by atoms with van der Waals surface area (Å²) in [6, 6.07) is 0.416. The normalized spacial score (nSPS) is 11.8. The quantitative estimate of drug-likeness (QED) is 0.598. The Labute approximate surface area is 117 Å². The number of aromatic nitrogens is 1. The molecule has 0 radical (unpaired) electrons. The molecule has 4 N–H and O–H groups in total. The first-order valence-electron chi connectivity index (χ1n) is 5.49. The molecule has 104 valence electrons. The van der Waals surface area contributed by atoms with Crippen LogP contribution in [0.5, 0.6) is 0 Å². The second kappa shape index (κ2) is 6.93. The summed E-state index contributed by atoms with van der Waals surface area (Å²) in [6.45, 7) is 0. The third-order valence-electron chi connectivity index (χ3n) is 2.38. The number of hydrogen-bond acceptors (Lipinski definition) is 3. The highest BCUT2D eigenvalue weighted by molar-refractivity contribution is 9.10. The van der Waals surface area contributed by atoms with Crippen LogP contribution in [-0.2, 0) is 9.59 Å². The predicted molar refractivity (Wildman–Crippen MR) is 68.9 cm³/mol. The summed E-state index contributed by atoms with van der Waals surface area (Å²) in [7, 11) is 0. The van der Waals surface area contributed by atoms with Crippen molar-refractivity contribution in [3.8, 4) is 0 Å². The van der Waals surface area contributed by atoms with E-state index in [0.717, 1.165) is 0 Å². The van der Waals surface area contributed by atoms with E-state index in [2.05, 4.69) is 26.2 Å². The van der Waals surface area contributed by atoms with E-state index in [4.69, 9.17) is 10.2 Å². The van der Waals surface area contributed by atoms with Gasteiger partial charge in [0.05, 0.1) is 0 Å². The largest absolute Gasteiger partial charge is 0.481 e. The summed E-state index contributed by atoms with van der Waals surface area (Å²) in [5, 5.41) is 19.8. The highest BCUT2D eigenvalue weighted by Gasteiger charge is 2.21. The topological polar surface area (TPSA) is 119 Å². The number of amides is 1. The van der Waals surface area contributed by atoms with Crippen LogP contribution in [0.15, 0.2) is 16.7 Å². The lowest BCUT2D eigenvalue weighted by Gasteiger charge is -2.13. The Hall–Kier alpha value is -1.83. The molecule has 0 aliphatic rings. The summed E-state index contributed by atoms with van der Waals surface area (Å²) in [5.74, 6) is -2.73. The standard InChI is InChI=1S/C11H13BrN2O5/c12-6-4-8(13-5-6)10(17)14-7(11(18)19)2-1-3-9(15)16/h4-5,7,13H,1-3H2,(H,14,17)(H,15,16)(H,18,19)/t7-/m1/s1. The minimum atomic E-state index is -1.19. The lowest BCUT2D eigenvalue weighted by molar-refractivity contribution is -0.140. The molecular formula is C11H13BrN2O5. The van der Waals surface area contributed by atoms with Gasteiger partial charge >= 0.3 is 11.9 Å². The molecule has 1 aromatic rings. The number of aromatic amines is 1. The summed E-state index contributed by atoms with van der Waals surface area (Å²) in [6.07, 6.45) is 1.67. The fourth-order valence-corrected chi connectivity index (χ4v) is 1.79. The fourth-order valence-electron chi connectivity index (χ4n) is 1.45. The van der Waals surface area contributed by atoms with Gasteiger partial charge in [-0.2, -0.15) is 0 Å². The number of carboxylic acids is 2. The number of aliphatic carboxylic acids is 2. The molecule has 19 heavy (non-hydrogen) atoms. The Morgan fingerprint density at radius 3 is 2.53 bits per heavy atom. The monoisotopic (exact) mass is 332 g/mol. The number of carboxylic acid groups (broad SMARTS) is 2. The number of rotatable bonds is 7. The lowest BCUT2D eigenvalue weighted by atomic mass is 10.1. The third-order valence-corrected chi connectivity index (χ3v) is 2.84. The summed E-state index contributed by atoms with van der Waals surface area (Å²) in [4.78, 5) is 35.7. The maximum Gasteiger partial charge on any atom is 0.326 e. The molecule has 1 rings (SSSR count). The van der Waals surface area contributed by atoms with Crippen LogP contribution in [-0.4, -0.2) is 39.1 Å². The van der Waals surface area contributed by atoms with Gasteiger partial charge in [-0.3, -0.25) is 9.59 Å². The summed E-state index contributed by atoms with van der Waals surface area (Å²) >= 11 is 3.16. The van der Waals surface area contributed by atoms with Gasteiger partial charge in [0.25, 0.3) is 5.91 Å². The first-order chi connectivity index (χ1) is 8.90. The van der Waals surface area contributed by atoms with Crippen LogP contribution < -0.4 is 5.32 Å². The summed E-state index contributed by atoms with van der Waals surface area (Å²) < 4.78 is 0.676. The molecular weight excluding hydrogens is 320 g/mol. The minimum Gasteiger partial charge on any atom is -0.481 e. The van der Waals surface area contributed by atoms with E-state index in [-0.39, 0.29) is 25.0 Å². The molecule has 1 atom stereocenters. The second-order valence-electron chi connectivity index (χ2n) is 3.88. The molecule has 0 saturated heterocycles. The smallest absolute Gasteiger partial charge is 0.326 e. The number of carbonyl (C=O) groups is 3. The number of nitrogens with one attached hydrogen (secondary N) is 2. The SMILES string of the molecule is O=C(O)CCC[C@@H](NC(=O)c1cc(Br)c[nH]1)C(=O)O. The van der Waals surface area contributed by atoms with E-state index < -0.39 is 23.9 Å². The molecule has 1 amide bonds. The highest BCUT2D eigenvalue weighted by Crippen LogP contribution is 2.11. The van der Waals surface area contributed by atoms with E-state index in [1.165, 1.54) is 6.07 Å². The molecule has 0 bridgehead atoms. The van der Waals surface area contributed by atoms with Crippen molar-refractivity contribution >= 4 is 33.8 Å². The van der Waals surface area contributed by atoms with Crippen LogP contribution in [0.1, 0.15) is 29.8 Å². The van der Waals surface area contributed by atoms with Gasteiger partial charge in [0.15, 0.2) is 0 Å². The Balaban J connectivity index is 2.55. The fraction of sp³-hybridized carbons (Fsp3) is 0.364. The number of halogens is 1. The Bertz CT molecular complexity index is 485. The average Bonchev–Trinajstić information content (AvgIpc) is 2.73. The van der Waals surface area contributed by atoms with Crippen molar-refractivity contribution in [2.75, 3.05) is 0 Å². The van der Waals surface area contributed by atoms with E-state index in [0.29, 0.717) is 4.47 Å². The molecule has 0 aliphatic heterocycles. The van der Waals surface area contributed by atoms with Crippen LogP contribution in [0.2, 0.25) is 0 Å². The number of hydrogen-bond donors (Lipinski definition) is 4. The molecule has 1 aromatic heterocycles. The van der Waals surface area contributed by atoms with Crippen molar-refractivity contribution in [1.82, 2.24) is 10.3 Å². The molecule has 0 fully saturated rings. The van der Waals surface area contributed by atoms with Crippen molar-refractivity contribution < 1.29 is 24.6 Å². The van der Waals surface area contributed by atoms with Gasteiger partial charge in [0.2, 0.25) is 0 Å². The maximum atomic E-state index is 11.7. The zero-order valence-corrected chi connectivity index (χ0v) is 11.4. The van der Waals surface area contributed by atoms with Crippen molar-refractivity contribution in [3.05, 3.63) is 22.4 Å². The lowest BCUT2D eigenvalue weighted by Crippen LogP contribution is -2.40. The van der Waals surface area contributed by atoms with Crippen molar-refractivity contribution in [3.63, 3.8) is 0 Å². The number of carbonyl (C=O) groups excluding carboxylic acids is 1. The molecule has 0 unspecified atom stereocenters. The average molecular weight is 333 g/mol. The molecule has 7 nitrogen and oxygen atoms in total. The zero-order valence-electron chi connectivity index (χ0n) is 9.85. The molecule has 1 heterocycles. The zero-order chi connectivity index (χ0) is 14.4. The van der Waals surface area contributed by atoms with Crippen LogP contribution in [0.25, 0.3) is 0 Å². The first kappa shape index (κ1) is 15.2. The molecule has 0 aromatic carbocycles. The predicted octanol–water partition coefficient (Wildman–Crippen LogP) is 1.22. The van der Waals surface area contributed by atoms with Crippen LogP contribution >= 0.6 is 15.9 Å². The van der Waals surface area contributed by atoms with Crippen LogP contribution in [0.3, 0.4) is 0 Å². The highest BCUT2D eigenvalue weighted by atomic mass is 79.9. The van der Waals surface area contributed by atoms with E-state index in [9.17, 15) is 14.4 Å². The third kappa shape index (κ3) is 5.12. The van der Waals surface area contributed by atoms with Gasteiger partial charge in [-0.1, -0.05) is 0 Å². The Morgan fingerprint density at radius 2 is 2.05 bits per heavy atom. The van der Waals surface area contributed by atoms with E-state index in [1.54, 1.807) is 6.20 Å². The molecule has 0 saturated carbocycles. The maximum absolute atomic E-state index is 11.7. The van der Waals surface area contributed by atoms with Gasteiger partial charge < -0.3 is 20.5 Å². The molecule has 8 heteroatoms. The Kier molecular flexibility index (Phi) is 5.56. The number of H-pyrrole nitrogens is 1. The van der Waals surface area contributed by atoms with Gasteiger partial charge in [-0.25, -0.2) is 4.79 Å². The van der Waals surface area contributed by atoms with Crippen molar-refractivity contribution in [2.45, 2.75) is 25.3 Å². The molecule has 0 aliphatic carbocycles. The summed E-state index contributed by atoms with van der Waals surface area (Å²) in [5.41, 5.74) is 0.233. The van der Waals surface area contributed by atoms with Gasteiger partial charge in [0, 0.05) is 17.1 Å². The van der Waals surface area contributed by atoms with E-state index >= 15 is 0 Å². The molecule has 0 spiro atoms. The van der Waals surface area contributed by atoms with Gasteiger partial charge in [0.1, 0.15) is 11.7 Å². The van der Waals surface area contributed by atoms with Crippen LogP contribution in [0.4, 0.5) is 0 Å². The van der Waals surface area contributed by atoms with Crippen molar-refractivity contribution in [2.24, 2.45) is 0 Å². The van der Waals surface area contributed by atoms with Gasteiger partial charge in [-0.15, -0.1) is 0 Å². The van der Waals surface area contributed by atoms with E-state index in [1.807, 2.05) is 0 Å².